The molecule has 0 spiro atoms. The van der Waals surface area contributed by atoms with Crippen molar-refractivity contribution < 1.29 is 9.59 Å². The van der Waals surface area contributed by atoms with E-state index in [0.717, 1.165) is 37.0 Å². The summed E-state index contributed by atoms with van der Waals surface area (Å²) >= 11 is 0. The highest BCUT2D eigenvalue weighted by molar-refractivity contribution is 5.87. The van der Waals surface area contributed by atoms with E-state index < -0.39 is 6.04 Å². The van der Waals surface area contributed by atoms with Crippen molar-refractivity contribution in [2.45, 2.75) is 45.1 Å². The van der Waals surface area contributed by atoms with E-state index in [1.165, 1.54) is 6.92 Å². The molecule has 0 saturated heterocycles. The van der Waals surface area contributed by atoms with E-state index in [9.17, 15) is 9.59 Å². The highest BCUT2D eigenvalue weighted by Crippen LogP contribution is 2.27. The molecular weight excluding hydrogens is 304 g/mol. The number of hydrogen-bond acceptors (Lipinski definition) is 3. The zero-order valence-electron chi connectivity index (χ0n) is 14.0. The van der Waals surface area contributed by atoms with Crippen LogP contribution in [-0.4, -0.2) is 33.8 Å². The van der Waals surface area contributed by atoms with Crippen molar-refractivity contribution in [2.24, 2.45) is 5.92 Å². The highest BCUT2D eigenvalue weighted by Gasteiger charge is 2.30. The molecule has 6 heteroatoms. The summed E-state index contributed by atoms with van der Waals surface area (Å²) in [5.74, 6) is 0.0207. The summed E-state index contributed by atoms with van der Waals surface area (Å²) in [6.45, 7) is 1.98. The largest absolute Gasteiger partial charge is 0.354 e. The third-order valence-electron chi connectivity index (χ3n) is 4.61. The Bertz CT molecular complexity index is 686. The number of rotatable bonds is 6. The minimum atomic E-state index is -0.411. The van der Waals surface area contributed by atoms with Crippen LogP contribution in [-0.2, 0) is 16.0 Å². The van der Waals surface area contributed by atoms with Gasteiger partial charge in [0.25, 0.3) is 0 Å². The molecule has 2 heterocycles. The number of nitrogens with one attached hydrogen (secondary N) is 2. The van der Waals surface area contributed by atoms with Crippen LogP contribution in [0.4, 0.5) is 0 Å². The number of imidazole rings is 1. The molecule has 6 nitrogen and oxygen atoms in total. The Morgan fingerprint density at radius 2 is 2.12 bits per heavy atom. The lowest BCUT2D eigenvalue weighted by Gasteiger charge is -2.23. The number of hydrogen-bond donors (Lipinski definition) is 2. The molecule has 1 fully saturated rings. The second-order valence-corrected chi connectivity index (χ2v) is 6.46. The van der Waals surface area contributed by atoms with E-state index >= 15 is 0 Å². The first-order valence-electron chi connectivity index (χ1n) is 8.61. The lowest BCUT2D eigenvalue weighted by Crippen LogP contribution is -2.50. The first-order chi connectivity index (χ1) is 11.6. The molecule has 1 aliphatic carbocycles. The van der Waals surface area contributed by atoms with E-state index in [1.807, 2.05) is 35.0 Å². The molecule has 1 saturated carbocycles. The number of carbonyl (C=O) groups is 2. The summed E-state index contributed by atoms with van der Waals surface area (Å²) in [6, 6.07) is 5.45. The quantitative estimate of drug-likeness (QED) is 0.847. The van der Waals surface area contributed by atoms with Crippen LogP contribution in [0, 0.1) is 5.92 Å². The van der Waals surface area contributed by atoms with E-state index in [2.05, 4.69) is 15.6 Å². The van der Waals surface area contributed by atoms with Crippen LogP contribution in [0.1, 0.15) is 38.3 Å². The number of amides is 2. The standard InChI is InChI=1S/C18H24N4O2/c1-13(23)20-17(14-6-2-3-7-14)18(24)19-10-9-15-12-22-11-5-4-8-16(22)21-15/h4-5,8,11-12,14,17H,2-3,6-7,9-10H2,1H3,(H,19,24)(H,20,23). The molecular formula is C18H24N4O2. The Morgan fingerprint density at radius 1 is 1.33 bits per heavy atom. The number of nitrogens with zero attached hydrogens (tertiary/aromatic N) is 2. The topological polar surface area (TPSA) is 75.5 Å². The third kappa shape index (κ3) is 3.93. The maximum atomic E-state index is 12.5. The van der Waals surface area contributed by atoms with Crippen molar-refractivity contribution in [3.05, 3.63) is 36.3 Å². The molecule has 0 aliphatic heterocycles. The molecule has 1 unspecified atom stereocenters. The fraction of sp³-hybridized carbons (Fsp3) is 0.500. The summed E-state index contributed by atoms with van der Waals surface area (Å²) < 4.78 is 1.97. The molecule has 0 radical (unpaired) electrons. The molecule has 24 heavy (non-hydrogen) atoms. The minimum Gasteiger partial charge on any atom is -0.354 e. The second kappa shape index (κ2) is 7.47. The Morgan fingerprint density at radius 3 is 2.83 bits per heavy atom. The maximum Gasteiger partial charge on any atom is 0.242 e. The SMILES string of the molecule is CC(=O)NC(C(=O)NCCc1cn2ccccc2n1)C1CCCC1. The average molecular weight is 328 g/mol. The molecule has 0 bridgehead atoms. The third-order valence-corrected chi connectivity index (χ3v) is 4.61. The van der Waals surface area contributed by atoms with Gasteiger partial charge in [0.15, 0.2) is 0 Å². The van der Waals surface area contributed by atoms with Gasteiger partial charge in [0, 0.05) is 32.3 Å². The molecule has 2 N–H and O–H groups in total. The Hall–Kier alpha value is -2.37. The van der Waals surface area contributed by atoms with Gasteiger partial charge in [0.1, 0.15) is 11.7 Å². The fourth-order valence-electron chi connectivity index (χ4n) is 3.44. The molecule has 1 atom stereocenters. The van der Waals surface area contributed by atoms with E-state index in [0.29, 0.717) is 13.0 Å². The highest BCUT2D eigenvalue weighted by atomic mass is 16.2. The molecule has 2 aromatic rings. The van der Waals surface area contributed by atoms with Gasteiger partial charge in [-0.25, -0.2) is 4.98 Å². The van der Waals surface area contributed by atoms with Gasteiger partial charge in [0.05, 0.1) is 5.69 Å². The normalized spacial score (nSPS) is 16.2. The number of pyridine rings is 1. The second-order valence-electron chi connectivity index (χ2n) is 6.46. The van der Waals surface area contributed by atoms with Crippen LogP contribution in [0.2, 0.25) is 0 Å². The predicted octanol–water partition coefficient (Wildman–Crippen LogP) is 1.69. The van der Waals surface area contributed by atoms with Crippen LogP contribution >= 0.6 is 0 Å². The number of fused-ring (bicyclic) bond motifs is 1. The van der Waals surface area contributed by atoms with Crippen molar-refractivity contribution >= 4 is 17.5 Å². The average Bonchev–Trinajstić information content (AvgIpc) is 3.21. The van der Waals surface area contributed by atoms with Crippen molar-refractivity contribution in [3.8, 4) is 0 Å². The molecule has 1 aliphatic rings. The maximum absolute atomic E-state index is 12.5. The number of aromatic nitrogens is 2. The van der Waals surface area contributed by atoms with Crippen LogP contribution in [0.3, 0.4) is 0 Å². The molecule has 2 aromatic heterocycles. The first-order valence-corrected chi connectivity index (χ1v) is 8.61. The minimum absolute atomic E-state index is 0.0825. The molecule has 128 valence electrons. The van der Waals surface area contributed by atoms with Crippen molar-refractivity contribution in [1.82, 2.24) is 20.0 Å². The zero-order chi connectivity index (χ0) is 16.9. The molecule has 0 aromatic carbocycles. The van der Waals surface area contributed by atoms with Crippen molar-refractivity contribution in [2.75, 3.05) is 6.54 Å². The van der Waals surface area contributed by atoms with Gasteiger partial charge in [-0.05, 0) is 30.9 Å². The molecule has 2 amide bonds. The van der Waals surface area contributed by atoms with Gasteiger partial charge in [-0.3, -0.25) is 9.59 Å². The van der Waals surface area contributed by atoms with Crippen LogP contribution in [0.15, 0.2) is 30.6 Å². The monoisotopic (exact) mass is 328 g/mol. The van der Waals surface area contributed by atoms with Gasteiger partial charge in [-0.2, -0.15) is 0 Å². The summed E-state index contributed by atoms with van der Waals surface area (Å²) in [4.78, 5) is 28.4. The van der Waals surface area contributed by atoms with Gasteiger partial charge >= 0.3 is 0 Å². The van der Waals surface area contributed by atoms with E-state index in [4.69, 9.17) is 0 Å². The van der Waals surface area contributed by atoms with Gasteiger partial charge in [0.2, 0.25) is 11.8 Å². The van der Waals surface area contributed by atoms with Crippen LogP contribution in [0.5, 0.6) is 0 Å². The van der Waals surface area contributed by atoms with Crippen LogP contribution in [0.25, 0.3) is 5.65 Å². The summed E-state index contributed by atoms with van der Waals surface area (Å²) in [5, 5.41) is 5.78. The zero-order valence-corrected chi connectivity index (χ0v) is 14.0. The fourth-order valence-corrected chi connectivity index (χ4v) is 3.44. The van der Waals surface area contributed by atoms with Gasteiger partial charge < -0.3 is 15.0 Å². The van der Waals surface area contributed by atoms with Crippen LogP contribution < -0.4 is 10.6 Å². The summed E-state index contributed by atoms with van der Waals surface area (Å²) in [5.41, 5.74) is 1.85. The number of carbonyl (C=O) groups excluding carboxylic acids is 2. The Kier molecular flexibility index (Phi) is 5.13. The molecule has 3 rings (SSSR count). The van der Waals surface area contributed by atoms with Crippen molar-refractivity contribution in [3.63, 3.8) is 0 Å². The van der Waals surface area contributed by atoms with Gasteiger partial charge in [-0.15, -0.1) is 0 Å². The van der Waals surface area contributed by atoms with E-state index in [-0.39, 0.29) is 17.7 Å². The summed E-state index contributed by atoms with van der Waals surface area (Å²) in [6.07, 6.45) is 8.88. The predicted molar refractivity (Wildman–Crippen MR) is 91.5 cm³/mol. The van der Waals surface area contributed by atoms with E-state index in [1.54, 1.807) is 0 Å². The van der Waals surface area contributed by atoms with Crippen molar-refractivity contribution in [1.29, 1.82) is 0 Å². The lowest BCUT2D eigenvalue weighted by molar-refractivity contribution is -0.129. The van der Waals surface area contributed by atoms with Gasteiger partial charge in [-0.1, -0.05) is 18.9 Å². The Balaban J connectivity index is 1.55. The summed E-state index contributed by atoms with van der Waals surface area (Å²) in [7, 11) is 0. The Labute approximate surface area is 141 Å². The smallest absolute Gasteiger partial charge is 0.242 e. The first kappa shape index (κ1) is 16.5. The lowest BCUT2D eigenvalue weighted by atomic mass is 9.97.